The van der Waals surface area contributed by atoms with Crippen LogP contribution in [0.2, 0.25) is 0 Å². The monoisotopic (exact) mass is 309 g/mol. The lowest BCUT2D eigenvalue weighted by molar-refractivity contribution is -0.133. The summed E-state index contributed by atoms with van der Waals surface area (Å²) in [6.07, 6.45) is 3.00. The van der Waals surface area contributed by atoms with Gasteiger partial charge in [0.1, 0.15) is 0 Å². The minimum atomic E-state index is 0. The molecule has 0 aromatic heterocycles. The molecular weight excluding hydrogens is 286 g/mol. The molecule has 1 saturated heterocycles. The van der Waals surface area contributed by atoms with Crippen LogP contribution in [0.5, 0.6) is 0 Å². The van der Waals surface area contributed by atoms with Gasteiger partial charge in [0.2, 0.25) is 5.91 Å². The third kappa shape index (κ3) is 3.96. The SMILES string of the molecule is Cl.NC1CCN(CC(=O)N2CCc3ccccc3C2)CC1. The predicted molar refractivity (Wildman–Crippen MR) is 86.5 cm³/mol. The Labute approximate surface area is 132 Å². The second-order valence-electron chi connectivity index (χ2n) is 5.95. The molecule has 0 aliphatic carbocycles. The molecule has 2 aliphatic rings. The van der Waals surface area contributed by atoms with Crippen LogP contribution in [0.1, 0.15) is 24.0 Å². The second kappa shape index (κ2) is 7.25. The van der Waals surface area contributed by atoms with Gasteiger partial charge in [0.05, 0.1) is 6.54 Å². The van der Waals surface area contributed by atoms with E-state index in [2.05, 4.69) is 29.2 Å². The molecule has 21 heavy (non-hydrogen) atoms. The van der Waals surface area contributed by atoms with E-state index in [0.717, 1.165) is 45.4 Å². The van der Waals surface area contributed by atoms with Gasteiger partial charge >= 0.3 is 0 Å². The molecule has 0 spiro atoms. The third-order valence-electron chi connectivity index (χ3n) is 4.47. The zero-order chi connectivity index (χ0) is 13.9. The van der Waals surface area contributed by atoms with Crippen LogP contribution < -0.4 is 5.73 Å². The van der Waals surface area contributed by atoms with E-state index in [1.54, 1.807) is 0 Å². The Morgan fingerprint density at radius 2 is 1.81 bits per heavy atom. The van der Waals surface area contributed by atoms with Gasteiger partial charge in [-0.2, -0.15) is 0 Å². The molecule has 0 unspecified atom stereocenters. The van der Waals surface area contributed by atoms with Crippen LogP contribution in [0.3, 0.4) is 0 Å². The fraction of sp³-hybridized carbons (Fsp3) is 0.562. The number of carbonyl (C=O) groups is 1. The third-order valence-corrected chi connectivity index (χ3v) is 4.47. The molecule has 5 heteroatoms. The molecule has 1 aromatic carbocycles. The lowest BCUT2D eigenvalue weighted by Gasteiger charge is -2.33. The number of fused-ring (bicyclic) bond motifs is 1. The number of likely N-dealkylation sites (tertiary alicyclic amines) is 1. The van der Waals surface area contributed by atoms with Gasteiger partial charge < -0.3 is 10.6 Å². The number of hydrogen-bond acceptors (Lipinski definition) is 3. The van der Waals surface area contributed by atoms with Crippen LogP contribution in [-0.2, 0) is 17.8 Å². The Balaban J connectivity index is 0.00000161. The van der Waals surface area contributed by atoms with E-state index >= 15 is 0 Å². The van der Waals surface area contributed by atoms with Crippen LogP contribution in [0.4, 0.5) is 0 Å². The Morgan fingerprint density at radius 1 is 1.14 bits per heavy atom. The van der Waals surface area contributed by atoms with Crippen molar-refractivity contribution >= 4 is 18.3 Å². The lowest BCUT2D eigenvalue weighted by Crippen LogP contribution is -2.46. The van der Waals surface area contributed by atoms with Crippen molar-refractivity contribution < 1.29 is 4.79 Å². The van der Waals surface area contributed by atoms with E-state index in [9.17, 15) is 4.79 Å². The minimum Gasteiger partial charge on any atom is -0.337 e. The number of benzene rings is 1. The quantitative estimate of drug-likeness (QED) is 0.899. The normalized spacial score (nSPS) is 19.8. The highest BCUT2D eigenvalue weighted by molar-refractivity contribution is 5.85. The largest absolute Gasteiger partial charge is 0.337 e. The fourth-order valence-electron chi connectivity index (χ4n) is 3.11. The number of nitrogens with zero attached hydrogens (tertiary/aromatic N) is 2. The van der Waals surface area contributed by atoms with Gasteiger partial charge in [-0.25, -0.2) is 0 Å². The average molecular weight is 310 g/mol. The Morgan fingerprint density at radius 3 is 2.52 bits per heavy atom. The zero-order valence-corrected chi connectivity index (χ0v) is 13.1. The zero-order valence-electron chi connectivity index (χ0n) is 12.3. The molecule has 2 heterocycles. The van der Waals surface area contributed by atoms with Gasteiger partial charge in [-0.15, -0.1) is 12.4 Å². The van der Waals surface area contributed by atoms with Crippen LogP contribution in [0, 0.1) is 0 Å². The first-order chi connectivity index (χ1) is 9.72. The molecule has 0 atom stereocenters. The highest BCUT2D eigenvalue weighted by Crippen LogP contribution is 2.19. The van der Waals surface area contributed by atoms with Crippen LogP contribution in [0.15, 0.2) is 24.3 Å². The van der Waals surface area contributed by atoms with Crippen molar-refractivity contribution in [2.45, 2.75) is 31.8 Å². The summed E-state index contributed by atoms with van der Waals surface area (Å²) in [5.41, 5.74) is 8.59. The number of rotatable bonds is 2. The van der Waals surface area contributed by atoms with E-state index in [1.165, 1.54) is 11.1 Å². The molecule has 0 radical (unpaired) electrons. The summed E-state index contributed by atoms with van der Waals surface area (Å²) in [5, 5.41) is 0. The first-order valence-electron chi connectivity index (χ1n) is 7.55. The van der Waals surface area contributed by atoms with Gasteiger partial charge in [-0.05, 0) is 30.4 Å². The lowest BCUT2D eigenvalue weighted by atomic mass is 10.00. The molecule has 2 N–H and O–H groups in total. The molecule has 4 nitrogen and oxygen atoms in total. The van der Waals surface area contributed by atoms with E-state index in [-0.39, 0.29) is 18.3 Å². The summed E-state index contributed by atoms with van der Waals surface area (Å²) >= 11 is 0. The number of hydrogen-bond donors (Lipinski definition) is 1. The van der Waals surface area contributed by atoms with E-state index < -0.39 is 0 Å². The van der Waals surface area contributed by atoms with Crippen LogP contribution >= 0.6 is 12.4 Å². The first kappa shape index (κ1) is 16.3. The average Bonchev–Trinajstić information content (AvgIpc) is 2.49. The van der Waals surface area contributed by atoms with E-state index in [1.807, 2.05) is 4.90 Å². The number of halogens is 1. The van der Waals surface area contributed by atoms with Gasteiger partial charge in [0, 0.05) is 32.2 Å². The molecule has 2 aliphatic heterocycles. The maximum Gasteiger partial charge on any atom is 0.237 e. The van der Waals surface area contributed by atoms with Crippen molar-refractivity contribution in [3.63, 3.8) is 0 Å². The molecule has 116 valence electrons. The first-order valence-corrected chi connectivity index (χ1v) is 7.55. The molecule has 1 fully saturated rings. The number of amides is 1. The summed E-state index contributed by atoms with van der Waals surface area (Å²) in [6, 6.07) is 8.76. The van der Waals surface area contributed by atoms with Gasteiger partial charge in [0.25, 0.3) is 0 Å². The topological polar surface area (TPSA) is 49.6 Å². The molecule has 1 aromatic rings. The predicted octanol–water partition coefficient (Wildman–Crippen LogP) is 1.42. The molecule has 0 bridgehead atoms. The van der Waals surface area contributed by atoms with Gasteiger partial charge in [-0.1, -0.05) is 24.3 Å². The number of piperidine rings is 1. The summed E-state index contributed by atoms with van der Waals surface area (Å²) in [5.74, 6) is 0.259. The van der Waals surface area contributed by atoms with Crippen LogP contribution in [-0.4, -0.2) is 47.9 Å². The van der Waals surface area contributed by atoms with Crippen molar-refractivity contribution in [3.8, 4) is 0 Å². The fourth-order valence-corrected chi connectivity index (χ4v) is 3.11. The Hall–Kier alpha value is -1.10. The van der Waals surface area contributed by atoms with Gasteiger partial charge in [0.15, 0.2) is 0 Å². The van der Waals surface area contributed by atoms with Crippen molar-refractivity contribution in [3.05, 3.63) is 35.4 Å². The molecule has 1 amide bonds. The maximum absolute atomic E-state index is 12.4. The van der Waals surface area contributed by atoms with E-state index in [4.69, 9.17) is 5.73 Å². The summed E-state index contributed by atoms with van der Waals surface area (Å²) in [7, 11) is 0. The summed E-state index contributed by atoms with van der Waals surface area (Å²) in [4.78, 5) is 16.6. The highest BCUT2D eigenvalue weighted by Gasteiger charge is 2.24. The number of nitrogens with two attached hydrogens (primary N) is 1. The van der Waals surface area contributed by atoms with E-state index in [0.29, 0.717) is 12.6 Å². The smallest absolute Gasteiger partial charge is 0.237 e. The summed E-state index contributed by atoms with van der Waals surface area (Å²) in [6.45, 7) is 4.08. The van der Waals surface area contributed by atoms with Crippen molar-refractivity contribution in [2.75, 3.05) is 26.2 Å². The molecule has 0 saturated carbocycles. The maximum atomic E-state index is 12.4. The van der Waals surface area contributed by atoms with Crippen molar-refractivity contribution in [1.82, 2.24) is 9.80 Å². The summed E-state index contributed by atoms with van der Waals surface area (Å²) < 4.78 is 0. The standard InChI is InChI=1S/C16H23N3O.ClH/c17-15-6-8-18(9-7-15)12-16(20)19-10-5-13-3-1-2-4-14(13)11-19;/h1-4,15H,5-12,17H2;1H. The Bertz CT molecular complexity index is 486. The highest BCUT2D eigenvalue weighted by atomic mass is 35.5. The van der Waals surface area contributed by atoms with Crippen molar-refractivity contribution in [1.29, 1.82) is 0 Å². The molecule has 3 rings (SSSR count). The van der Waals surface area contributed by atoms with Crippen molar-refractivity contribution in [2.24, 2.45) is 5.73 Å². The second-order valence-corrected chi connectivity index (χ2v) is 5.95. The molecular formula is C16H24ClN3O. The number of carbonyl (C=O) groups excluding carboxylic acids is 1. The van der Waals surface area contributed by atoms with Crippen LogP contribution in [0.25, 0.3) is 0 Å². The Kier molecular flexibility index (Phi) is 5.62. The van der Waals surface area contributed by atoms with Gasteiger partial charge in [-0.3, -0.25) is 9.69 Å². The minimum absolute atomic E-state index is 0.